The van der Waals surface area contributed by atoms with Gasteiger partial charge >= 0.3 is 0 Å². The van der Waals surface area contributed by atoms with E-state index in [1.165, 1.54) is 0 Å². The van der Waals surface area contributed by atoms with Crippen LogP contribution in [0.4, 0.5) is 0 Å². The van der Waals surface area contributed by atoms with Gasteiger partial charge in [0.25, 0.3) is 5.91 Å². The van der Waals surface area contributed by atoms with Crippen LogP contribution in [0.2, 0.25) is 0 Å². The lowest BCUT2D eigenvalue weighted by molar-refractivity contribution is -0.0618. The molecule has 0 N–H and O–H groups in total. The van der Waals surface area contributed by atoms with Crippen LogP contribution in [0.5, 0.6) is 11.5 Å². The van der Waals surface area contributed by atoms with Gasteiger partial charge in [0.2, 0.25) is 6.79 Å². The van der Waals surface area contributed by atoms with E-state index in [4.69, 9.17) is 14.3 Å². The average molecular weight is 302 g/mol. The standard InChI is InChI=1S/C16H18N2O4/c1-11-8-16(22-17-11)5-2-6-18(9-16)15(19)12-3-4-13-14(7-12)21-10-20-13/h3-4,7H,2,5-6,8-10H2,1H3. The maximum absolute atomic E-state index is 12.8. The number of carbonyl (C=O) groups is 1. The van der Waals surface area contributed by atoms with Crippen molar-refractivity contribution in [2.75, 3.05) is 19.9 Å². The van der Waals surface area contributed by atoms with Crippen molar-refractivity contribution in [3.63, 3.8) is 0 Å². The first-order chi connectivity index (χ1) is 10.7. The Bertz CT molecular complexity index is 658. The van der Waals surface area contributed by atoms with Crippen molar-refractivity contribution in [1.82, 2.24) is 4.90 Å². The van der Waals surface area contributed by atoms with Gasteiger partial charge in [-0.15, -0.1) is 0 Å². The number of amides is 1. The predicted molar refractivity (Wildman–Crippen MR) is 79.2 cm³/mol. The Hall–Kier alpha value is -2.24. The molecule has 0 aliphatic carbocycles. The van der Waals surface area contributed by atoms with Gasteiger partial charge in [-0.25, -0.2) is 0 Å². The van der Waals surface area contributed by atoms with Crippen molar-refractivity contribution in [3.8, 4) is 11.5 Å². The molecule has 1 atom stereocenters. The number of rotatable bonds is 1. The molecular formula is C16H18N2O4. The van der Waals surface area contributed by atoms with E-state index >= 15 is 0 Å². The second-order valence-electron chi connectivity index (χ2n) is 6.18. The van der Waals surface area contributed by atoms with Crippen LogP contribution < -0.4 is 9.47 Å². The number of likely N-dealkylation sites (tertiary alicyclic amines) is 1. The second kappa shape index (κ2) is 4.90. The fraction of sp³-hybridized carbons (Fsp3) is 0.500. The van der Waals surface area contributed by atoms with Crippen LogP contribution in [0.15, 0.2) is 23.4 Å². The predicted octanol–water partition coefficient (Wildman–Crippen LogP) is 2.19. The molecule has 0 bridgehead atoms. The highest BCUT2D eigenvalue weighted by atomic mass is 16.7. The number of fused-ring (bicyclic) bond motifs is 1. The van der Waals surface area contributed by atoms with Crippen LogP contribution in [0.25, 0.3) is 0 Å². The Morgan fingerprint density at radius 3 is 3.00 bits per heavy atom. The van der Waals surface area contributed by atoms with Gasteiger partial charge in [0, 0.05) is 18.5 Å². The zero-order valence-corrected chi connectivity index (χ0v) is 12.5. The lowest BCUT2D eigenvalue weighted by atomic mass is 9.88. The fourth-order valence-electron chi connectivity index (χ4n) is 3.41. The molecule has 0 saturated carbocycles. The summed E-state index contributed by atoms with van der Waals surface area (Å²) in [5, 5.41) is 4.07. The van der Waals surface area contributed by atoms with Crippen LogP contribution in [-0.2, 0) is 4.84 Å². The molecule has 1 spiro atoms. The summed E-state index contributed by atoms with van der Waals surface area (Å²) >= 11 is 0. The first-order valence-electron chi connectivity index (χ1n) is 7.56. The third-order valence-electron chi connectivity index (χ3n) is 4.42. The molecule has 6 nitrogen and oxygen atoms in total. The Morgan fingerprint density at radius 1 is 1.32 bits per heavy atom. The topological polar surface area (TPSA) is 60.4 Å². The van der Waals surface area contributed by atoms with Crippen LogP contribution in [0, 0.1) is 0 Å². The molecule has 0 radical (unpaired) electrons. The normalized spacial score (nSPS) is 26.0. The molecular weight excluding hydrogens is 284 g/mol. The molecule has 4 rings (SSSR count). The molecule has 22 heavy (non-hydrogen) atoms. The largest absolute Gasteiger partial charge is 0.454 e. The van der Waals surface area contributed by atoms with E-state index in [2.05, 4.69) is 5.16 Å². The van der Waals surface area contributed by atoms with Crippen LogP contribution in [0.3, 0.4) is 0 Å². The Kier molecular flexibility index (Phi) is 2.99. The molecule has 3 heterocycles. The highest BCUT2D eigenvalue weighted by Crippen LogP contribution is 2.35. The fourth-order valence-corrected chi connectivity index (χ4v) is 3.41. The zero-order chi connectivity index (χ0) is 15.2. The van der Waals surface area contributed by atoms with E-state index in [9.17, 15) is 4.79 Å². The molecule has 0 aromatic heterocycles. The van der Waals surface area contributed by atoms with Crippen molar-refractivity contribution in [3.05, 3.63) is 23.8 Å². The molecule has 1 unspecified atom stereocenters. The SMILES string of the molecule is CC1=NOC2(CCCN(C(=O)c3ccc4c(c3)OCO4)C2)C1. The van der Waals surface area contributed by atoms with Crippen molar-refractivity contribution in [1.29, 1.82) is 0 Å². The number of nitrogens with zero attached hydrogens (tertiary/aromatic N) is 2. The third-order valence-corrected chi connectivity index (χ3v) is 4.42. The number of benzene rings is 1. The summed E-state index contributed by atoms with van der Waals surface area (Å²) in [6, 6.07) is 5.33. The lowest BCUT2D eigenvalue weighted by Crippen LogP contribution is -2.50. The van der Waals surface area contributed by atoms with Gasteiger partial charge in [-0.3, -0.25) is 4.79 Å². The first kappa shape index (κ1) is 13.4. The quantitative estimate of drug-likeness (QED) is 0.798. The van der Waals surface area contributed by atoms with Gasteiger partial charge in [-0.2, -0.15) is 0 Å². The number of ether oxygens (including phenoxy) is 2. The summed E-state index contributed by atoms with van der Waals surface area (Å²) in [4.78, 5) is 20.2. The lowest BCUT2D eigenvalue weighted by Gasteiger charge is -2.38. The molecule has 1 fully saturated rings. The third kappa shape index (κ3) is 2.19. The monoisotopic (exact) mass is 302 g/mol. The Balaban J connectivity index is 1.53. The summed E-state index contributed by atoms with van der Waals surface area (Å²) in [5.41, 5.74) is 1.29. The molecule has 3 aliphatic heterocycles. The molecule has 3 aliphatic rings. The van der Waals surface area contributed by atoms with Crippen LogP contribution in [-0.4, -0.2) is 42.0 Å². The smallest absolute Gasteiger partial charge is 0.254 e. The highest BCUT2D eigenvalue weighted by molar-refractivity contribution is 5.95. The van der Waals surface area contributed by atoms with Gasteiger partial charge in [-0.1, -0.05) is 5.16 Å². The number of piperidine rings is 1. The van der Waals surface area contributed by atoms with Crippen LogP contribution >= 0.6 is 0 Å². The van der Waals surface area contributed by atoms with Gasteiger partial charge in [0.1, 0.15) is 0 Å². The Labute approximate surface area is 128 Å². The Morgan fingerprint density at radius 2 is 2.18 bits per heavy atom. The van der Waals surface area contributed by atoms with Crippen molar-refractivity contribution in [2.24, 2.45) is 5.16 Å². The summed E-state index contributed by atoms with van der Waals surface area (Å²) in [6.07, 6.45) is 2.68. The molecule has 1 saturated heterocycles. The number of carbonyl (C=O) groups excluding carboxylic acids is 1. The van der Waals surface area contributed by atoms with Gasteiger partial charge in [-0.05, 0) is 38.0 Å². The summed E-state index contributed by atoms with van der Waals surface area (Å²) < 4.78 is 10.6. The minimum absolute atomic E-state index is 0.00512. The maximum atomic E-state index is 12.8. The van der Waals surface area contributed by atoms with E-state index in [0.29, 0.717) is 23.6 Å². The van der Waals surface area contributed by atoms with Crippen molar-refractivity contribution >= 4 is 11.6 Å². The minimum atomic E-state index is -0.325. The number of hydrogen-bond donors (Lipinski definition) is 0. The summed E-state index contributed by atoms with van der Waals surface area (Å²) in [6.45, 7) is 3.51. The van der Waals surface area contributed by atoms with E-state index in [-0.39, 0.29) is 18.3 Å². The maximum Gasteiger partial charge on any atom is 0.254 e. The average Bonchev–Trinajstić information content (AvgIpc) is 3.13. The van der Waals surface area contributed by atoms with Crippen molar-refractivity contribution < 1.29 is 19.1 Å². The van der Waals surface area contributed by atoms with Crippen molar-refractivity contribution in [2.45, 2.75) is 31.8 Å². The molecule has 1 aromatic rings. The molecule has 1 aromatic carbocycles. The van der Waals surface area contributed by atoms with Gasteiger partial charge in [0.05, 0.1) is 12.3 Å². The summed E-state index contributed by atoms with van der Waals surface area (Å²) in [7, 11) is 0. The van der Waals surface area contributed by atoms with Crippen LogP contribution in [0.1, 0.15) is 36.5 Å². The molecule has 1 amide bonds. The highest BCUT2D eigenvalue weighted by Gasteiger charge is 2.43. The van der Waals surface area contributed by atoms with E-state index in [1.807, 2.05) is 11.8 Å². The van der Waals surface area contributed by atoms with Gasteiger partial charge < -0.3 is 19.2 Å². The summed E-state index contributed by atoms with van der Waals surface area (Å²) in [5.74, 6) is 1.33. The minimum Gasteiger partial charge on any atom is -0.454 e. The van der Waals surface area contributed by atoms with E-state index < -0.39 is 0 Å². The van der Waals surface area contributed by atoms with E-state index in [1.54, 1.807) is 18.2 Å². The zero-order valence-electron chi connectivity index (χ0n) is 12.5. The molecule has 116 valence electrons. The second-order valence-corrected chi connectivity index (χ2v) is 6.18. The number of oxime groups is 1. The van der Waals surface area contributed by atoms with E-state index in [0.717, 1.165) is 31.5 Å². The number of hydrogen-bond acceptors (Lipinski definition) is 5. The molecule has 6 heteroatoms. The van der Waals surface area contributed by atoms with Gasteiger partial charge in [0.15, 0.2) is 17.1 Å². The first-order valence-corrected chi connectivity index (χ1v) is 7.56.